The van der Waals surface area contributed by atoms with Crippen LogP contribution in [0.5, 0.6) is 0 Å². The smallest absolute Gasteiger partial charge is 0.338 e. The standard InChI is InChI=1S/C18H16N2O4S/c1-25(22,23)17-5-2-4-15(12-17)18(21)24-13-14-6-8-16(9-7-14)20-11-3-10-19-20/h2-12H,13H2,1H3. The number of aromatic nitrogens is 2. The lowest BCUT2D eigenvalue weighted by molar-refractivity contribution is 0.0472. The van der Waals surface area contributed by atoms with Crippen LogP contribution < -0.4 is 0 Å². The molecule has 3 aromatic rings. The van der Waals surface area contributed by atoms with Gasteiger partial charge in [-0.2, -0.15) is 5.10 Å². The number of esters is 1. The number of rotatable bonds is 5. The predicted octanol–water partition coefficient (Wildman–Crippen LogP) is 2.63. The molecule has 0 bridgehead atoms. The van der Waals surface area contributed by atoms with E-state index in [9.17, 15) is 13.2 Å². The predicted molar refractivity (Wildman–Crippen MR) is 92.2 cm³/mol. The van der Waals surface area contributed by atoms with Crippen LogP contribution in [-0.4, -0.2) is 30.4 Å². The molecule has 0 radical (unpaired) electrons. The summed E-state index contributed by atoms with van der Waals surface area (Å²) in [5.74, 6) is -0.568. The fourth-order valence-corrected chi connectivity index (χ4v) is 2.92. The van der Waals surface area contributed by atoms with Crippen molar-refractivity contribution in [3.8, 4) is 5.69 Å². The Morgan fingerprint density at radius 2 is 1.88 bits per heavy atom. The highest BCUT2D eigenvalue weighted by Gasteiger charge is 2.12. The maximum atomic E-state index is 12.1. The average molecular weight is 356 g/mol. The lowest BCUT2D eigenvalue weighted by Gasteiger charge is -2.07. The van der Waals surface area contributed by atoms with Gasteiger partial charge < -0.3 is 4.74 Å². The van der Waals surface area contributed by atoms with E-state index in [1.807, 2.05) is 36.5 Å². The van der Waals surface area contributed by atoms with Crippen molar-refractivity contribution in [3.63, 3.8) is 0 Å². The minimum Gasteiger partial charge on any atom is -0.457 e. The molecular weight excluding hydrogens is 340 g/mol. The van der Waals surface area contributed by atoms with Crippen LogP contribution in [0, 0.1) is 0 Å². The Bertz CT molecular complexity index is 978. The third-order valence-electron chi connectivity index (χ3n) is 3.57. The van der Waals surface area contributed by atoms with Crippen molar-refractivity contribution >= 4 is 15.8 Å². The van der Waals surface area contributed by atoms with Gasteiger partial charge in [-0.15, -0.1) is 0 Å². The maximum absolute atomic E-state index is 12.1. The maximum Gasteiger partial charge on any atom is 0.338 e. The number of nitrogens with zero attached hydrogens (tertiary/aromatic N) is 2. The van der Waals surface area contributed by atoms with E-state index < -0.39 is 15.8 Å². The van der Waals surface area contributed by atoms with Crippen molar-refractivity contribution in [1.82, 2.24) is 9.78 Å². The normalized spacial score (nSPS) is 11.2. The van der Waals surface area contributed by atoms with E-state index in [0.29, 0.717) is 0 Å². The van der Waals surface area contributed by atoms with Crippen molar-refractivity contribution in [2.75, 3.05) is 6.26 Å². The highest BCUT2D eigenvalue weighted by Crippen LogP contribution is 2.14. The van der Waals surface area contributed by atoms with Crippen LogP contribution in [0.25, 0.3) is 5.69 Å². The summed E-state index contributed by atoms with van der Waals surface area (Å²) in [6.45, 7) is 0.0985. The highest BCUT2D eigenvalue weighted by atomic mass is 32.2. The van der Waals surface area contributed by atoms with Gasteiger partial charge in [-0.05, 0) is 42.0 Å². The van der Waals surface area contributed by atoms with Gasteiger partial charge in [0.1, 0.15) is 6.61 Å². The summed E-state index contributed by atoms with van der Waals surface area (Å²) < 4.78 is 30.1. The molecule has 0 aliphatic carbocycles. The average Bonchev–Trinajstić information content (AvgIpc) is 3.14. The Labute approximate surface area is 145 Å². The zero-order valence-electron chi connectivity index (χ0n) is 13.5. The van der Waals surface area contributed by atoms with Crippen molar-refractivity contribution in [1.29, 1.82) is 0 Å². The first kappa shape index (κ1) is 16.9. The van der Waals surface area contributed by atoms with Crippen LogP contribution >= 0.6 is 0 Å². The quantitative estimate of drug-likeness (QED) is 0.657. The molecular formula is C18H16N2O4S. The first-order chi connectivity index (χ1) is 11.9. The van der Waals surface area contributed by atoms with E-state index >= 15 is 0 Å². The van der Waals surface area contributed by atoms with Crippen LogP contribution in [0.2, 0.25) is 0 Å². The monoisotopic (exact) mass is 356 g/mol. The third-order valence-corrected chi connectivity index (χ3v) is 4.68. The molecule has 2 aromatic carbocycles. The summed E-state index contributed by atoms with van der Waals surface area (Å²) in [4.78, 5) is 12.2. The number of benzene rings is 2. The molecule has 0 fully saturated rings. The molecule has 0 amide bonds. The van der Waals surface area contributed by atoms with Gasteiger partial charge in [-0.3, -0.25) is 0 Å². The molecule has 1 aromatic heterocycles. The Kier molecular flexibility index (Phi) is 4.67. The van der Waals surface area contributed by atoms with Gasteiger partial charge in [-0.1, -0.05) is 18.2 Å². The number of ether oxygens (including phenoxy) is 1. The molecule has 128 valence electrons. The summed E-state index contributed by atoms with van der Waals surface area (Å²) in [5, 5.41) is 4.14. The Morgan fingerprint density at radius 1 is 1.12 bits per heavy atom. The number of hydrogen-bond donors (Lipinski definition) is 0. The molecule has 1 heterocycles. The van der Waals surface area contributed by atoms with Crippen LogP contribution in [0.3, 0.4) is 0 Å². The van der Waals surface area contributed by atoms with E-state index in [2.05, 4.69) is 5.10 Å². The second-order valence-corrected chi connectivity index (χ2v) is 7.51. The van der Waals surface area contributed by atoms with E-state index in [1.54, 1.807) is 10.9 Å². The number of carbonyl (C=O) groups is 1. The van der Waals surface area contributed by atoms with Crippen LogP contribution in [-0.2, 0) is 21.2 Å². The molecule has 25 heavy (non-hydrogen) atoms. The van der Waals surface area contributed by atoms with E-state index in [-0.39, 0.29) is 17.1 Å². The summed E-state index contributed by atoms with van der Waals surface area (Å²) in [6, 6.07) is 15.1. The van der Waals surface area contributed by atoms with Crippen LogP contribution in [0.15, 0.2) is 71.9 Å². The summed E-state index contributed by atoms with van der Waals surface area (Å²) >= 11 is 0. The van der Waals surface area contributed by atoms with E-state index in [0.717, 1.165) is 17.5 Å². The topological polar surface area (TPSA) is 78.3 Å². The molecule has 0 saturated carbocycles. The molecule has 0 atom stereocenters. The van der Waals surface area contributed by atoms with Gasteiger partial charge in [0.2, 0.25) is 0 Å². The highest BCUT2D eigenvalue weighted by molar-refractivity contribution is 7.90. The van der Waals surface area contributed by atoms with E-state index in [4.69, 9.17) is 4.74 Å². The molecule has 0 saturated heterocycles. The second kappa shape index (κ2) is 6.90. The molecule has 0 N–H and O–H groups in total. The van der Waals surface area contributed by atoms with Crippen molar-refractivity contribution in [3.05, 3.63) is 78.1 Å². The molecule has 0 spiro atoms. The molecule has 3 rings (SSSR count). The number of carbonyl (C=O) groups excluding carboxylic acids is 1. The van der Waals surface area contributed by atoms with Gasteiger partial charge in [0.25, 0.3) is 0 Å². The first-order valence-corrected chi connectivity index (χ1v) is 9.39. The fourth-order valence-electron chi connectivity index (χ4n) is 2.25. The van der Waals surface area contributed by atoms with Gasteiger partial charge in [-0.25, -0.2) is 17.9 Å². The Hall–Kier alpha value is -2.93. The fraction of sp³-hybridized carbons (Fsp3) is 0.111. The zero-order valence-corrected chi connectivity index (χ0v) is 14.3. The van der Waals surface area contributed by atoms with Crippen molar-refractivity contribution in [2.45, 2.75) is 11.5 Å². The molecule has 0 aliphatic rings. The first-order valence-electron chi connectivity index (χ1n) is 7.50. The third kappa shape index (κ3) is 4.13. The summed E-state index contributed by atoms with van der Waals surface area (Å²) in [7, 11) is -3.37. The molecule has 7 heteroatoms. The molecule has 0 unspecified atom stereocenters. The Balaban J connectivity index is 1.66. The largest absolute Gasteiger partial charge is 0.457 e. The minimum absolute atomic E-state index is 0.0884. The van der Waals surface area contributed by atoms with Crippen LogP contribution in [0.1, 0.15) is 15.9 Å². The Morgan fingerprint density at radius 3 is 2.52 bits per heavy atom. The van der Waals surface area contributed by atoms with E-state index in [1.165, 1.54) is 24.3 Å². The number of sulfone groups is 1. The minimum atomic E-state index is -3.37. The SMILES string of the molecule is CS(=O)(=O)c1cccc(C(=O)OCc2ccc(-n3cccn3)cc2)c1. The zero-order chi connectivity index (χ0) is 17.9. The van der Waals surface area contributed by atoms with Gasteiger partial charge in [0.15, 0.2) is 9.84 Å². The van der Waals surface area contributed by atoms with Gasteiger partial charge >= 0.3 is 5.97 Å². The van der Waals surface area contributed by atoms with Crippen molar-refractivity contribution in [2.24, 2.45) is 0 Å². The second-order valence-electron chi connectivity index (χ2n) is 5.49. The molecule has 6 nitrogen and oxygen atoms in total. The van der Waals surface area contributed by atoms with Gasteiger partial charge in [0, 0.05) is 18.6 Å². The van der Waals surface area contributed by atoms with Crippen molar-refractivity contribution < 1.29 is 17.9 Å². The summed E-state index contributed by atoms with van der Waals surface area (Å²) in [6.07, 6.45) is 4.63. The lowest BCUT2D eigenvalue weighted by Crippen LogP contribution is -2.07. The van der Waals surface area contributed by atoms with Crippen LogP contribution in [0.4, 0.5) is 0 Å². The lowest BCUT2D eigenvalue weighted by atomic mass is 10.2. The number of hydrogen-bond acceptors (Lipinski definition) is 5. The summed E-state index contributed by atoms with van der Waals surface area (Å²) in [5.41, 5.74) is 1.93. The van der Waals surface area contributed by atoms with Gasteiger partial charge in [0.05, 0.1) is 16.1 Å². The molecule has 0 aliphatic heterocycles.